The fraction of sp³-hybridized carbons (Fsp3) is 0.667. The molecule has 0 spiro atoms. The molecular formula is C18H27F2N. The van der Waals surface area contributed by atoms with Gasteiger partial charge in [0.15, 0.2) is 0 Å². The first kappa shape index (κ1) is 16.4. The summed E-state index contributed by atoms with van der Waals surface area (Å²) in [5, 5.41) is 3.44. The number of nitrogens with one attached hydrogen (secondary N) is 1. The van der Waals surface area contributed by atoms with Crippen LogP contribution in [0.15, 0.2) is 18.2 Å². The average molecular weight is 295 g/mol. The summed E-state index contributed by atoms with van der Waals surface area (Å²) in [5.41, 5.74) is 0.875. The largest absolute Gasteiger partial charge is 0.310 e. The van der Waals surface area contributed by atoms with Gasteiger partial charge in [0.1, 0.15) is 11.6 Å². The summed E-state index contributed by atoms with van der Waals surface area (Å²) < 4.78 is 27.7. The van der Waals surface area contributed by atoms with Crippen molar-refractivity contribution in [1.29, 1.82) is 0 Å². The first-order valence-electron chi connectivity index (χ1n) is 8.11. The molecule has 0 radical (unpaired) electrons. The lowest BCUT2D eigenvalue weighted by molar-refractivity contribution is 0.160. The predicted octanol–water partition coefficient (Wildman–Crippen LogP) is 5.22. The highest BCUT2D eigenvalue weighted by atomic mass is 19.1. The van der Waals surface area contributed by atoms with E-state index in [0.717, 1.165) is 38.6 Å². The van der Waals surface area contributed by atoms with Gasteiger partial charge in [-0.15, -0.1) is 0 Å². The fourth-order valence-electron chi connectivity index (χ4n) is 3.34. The lowest BCUT2D eigenvalue weighted by Crippen LogP contribution is -2.34. The number of rotatable bonds is 5. The number of benzene rings is 1. The van der Waals surface area contributed by atoms with E-state index in [9.17, 15) is 8.78 Å². The zero-order valence-electron chi connectivity index (χ0n) is 13.4. The van der Waals surface area contributed by atoms with E-state index in [0.29, 0.717) is 16.9 Å². The molecule has 1 aliphatic carbocycles. The zero-order valence-corrected chi connectivity index (χ0v) is 13.4. The second-order valence-corrected chi connectivity index (χ2v) is 7.10. The average Bonchev–Trinajstić information content (AvgIpc) is 2.44. The van der Waals surface area contributed by atoms with Crippen molar-refractivity contribution in [2.45, 2.75) is 58.9 Å². The molecule has 1 unspecified atom stereocenters. The Labute approximate surface area is 127 Å². The van der Waals surface area contributed by atoms with Crippen LogP contribution in [-0.4, -0.2) is 6.54 Å². The molecule has 0 saturated heterocycles. The second-order valence-electron chi connectivity index (χ2n) is 7.10. The van der Waals surface area contributed by atoms with Gasteiger partial charge >= 0.3 is 0 Å². The normalized spacial score (nSPS) is 20.4. The molecule has 0 aromatic heterocycles. The maximum Gasteiger partial charge on any atom is 0.128 e. The highest BCUT2D eigenvalue weighted by Gasteiger charge is 2.33. The van der Waals surface area contributed by atoms with Crippen molar-refractivity contribution in [2.75, 3.05) is 6.54 Å². The van der Waals surface area contributed by atoms with Gasteiger partial charge in [-0.05, 0) is 68.2 Å². The lowest BCUT2D eigenvalue weighted by Gasteiger charge is -2.38. The lowest BCUT2D eigenvalue weighted by atomic mass is 9.70. The van der Waals surface area contributed by atoms with E-state index >= 15 is 0 Å². The molecule has 3 heteroatoms. The van der Waals surface area contributed by atoms with E-state index < -0.39 is 0 Å². The Morgan fingerprint density at radius 3 is 2.52 bits per heavy atom. The van der Waals surface area contributed by atoms with E-state index in [1.165, 1.54) is 18.2 Å². The molecule has 1 fully saturated rings. The van der Waals surface area contributed by atoms with Crippen molar-refractivity contribution in [2.24, 2.45) is 11.3 Å². The standard InChI is InChI=1S/C18H27F2N/c1-4-11-21-17(13-7-9-18(2,3)10-8-13)15-12-14(19)5-6-16(15)20/h5-6,12-13,17,21H,4,7-11H2,1-3H3. The van der Waals surface area contributed by atoms with Crippen molar-refractivity contribution >= 4 is 0 Å². The molecule has 0 aliphatic heterocycles. The molecule has 1 N–H and O–H groups in total. The Hall–Kier alpha value is -0.960. The third-order valence-corrected chi connectivity index (χ3v) is 4.76. The Bertz CT molecular complexity index is 460. The minimum atomic E-state index is -0.356. The summed E-state index contributed by atoms with van der Waals surface area (Å²) in [7, 11) is 0. The van der Waals surface area contributed by atoms with Gasteiger partial charge in [0.05, 0.1) is 0 Å². The van der Waals surface area contributed by atoms with Crippen molar-refractivity contribution in [3.8, 4) is 0 Å². The molecule has 0 heterocycles. The molecule has 1 saturated carbocycles. The maximum atomic E-state index is 14.1. The van der Waals surface area contributed by atoms with Crippen LogP contribution in [0.2, 0.25) is 0 Å². The van der Waals surface area contributed by atoms with Crippen molar-refractivity contribution < 1.29 is 8.78 Å². The Morgan fingerprint density at radius 1 is 1.24 bits per heavy atom. The maximum absolute atomic E-state index is 14.1. The van der Waals surface area contributed by atoms with Gasteiger partial charge in [-0.1, -0.05) is 20.8 Å². The van der Waals surface area contributed by atoms with Gasteiger partial charge in [-0.25, -0.2) is 8.78 Å². The zero-order chi connectivity index (χ0) is 15.5. The van der Waals surface area contributed by atoms with Crippen LogP contribution in [0.4, 0.5) is 8.78 Å². The molecule has 118 valence electrons. The molecule has 0 bridgehead atoms. The van der Waals surface area contributed by atoms with Crippen molar-refractivity contribution in [1.82, 2.24) is 5.32 Å². The van der Waals surface area contributed by atoms with Gasteiger partial charge in [-0.2, -0.15) is 0 Å². The summed E-state index contributed by atoms with van der Waals surface area (Å²) >= 11 is 0. The van der Waals surface area contributed by atoms with Gasteiger partial charge in [-0.3, -0.25) is 0 Å². The second kappa shape index (κ2) is 6.87. The molecule has 1 aliphatic rings. The molecule has 0 amide bonds. The smallest absolute Gasteiger partial charge is 0.128 e. The highest BCUT2D eigenvalue weighted by molar-refractivity contribution is 5.23. The molecule has 1 nitrogen and oxygen atoms in total. The van der Waals surface area contributed by atoms with Crippen LogP contribution in [0.1, 0.15) is 64.5 Å². The van der Waals surface area contributed by atoms with Crippen LogP contribution >= 0.6 is 0 Å². The summed E-state index contributed by atoms with van der Waals surface area (Å²) in [6.45, 7) is 7.51. The van der Waals surface area contributed by atoms with Gasteiger partial charge in [0.2, 0.25) is 0 Å². The summed E-state index contributed by atoms with van der Waals surface area (Å²) in [6, 6.07) is 3.73. The highest BCUT2D eigenvalue weighted by Crippen LogP contribution is 2.43. The van der Waals surface area contributed by atoms with E-state index in [1.54, 1.807) is 0 Å². The Morgan fingerprint density at radius 2 is 1.90 bits per heavy atom. The van der Waals surface area contributed by atoms with Crippen LogP contribution in [-0.2, 0) is 0 Å². The van der Waals surface area contributed by atoms with Crippen LogP contribution in [0.5, 0.6) is 0 Å². The first-order chi connectivity index (χ1) is 9.93. The Balaban J connectivity index is 2.20. The van der Waals surface area contributed by atoms with E-state index in [1.807, 2.05) is 0 Å². The minimum Gasteiger partial charge on any atom is -0.310 e. The van der Waals surface area contributed by atoms with E-state index in [-0.39, 0.29) is 17.7 Å². The molecule has 21 heavy (non-hydrogen) atoms. The van der Waals surface area contributed by atoms with Crippen LogP contribution < -0.4 is 5.32 Å². The fourth-order valence-corrected chi connectivity index (χ4v) is 3.34. The van der Waals surface area contributed by atoms with Crippen LogP contribution in [0.3, 0.4) is 0 Å². The SMILES string of the molecule is CCCNC(c1cc(F)ccc1F)C1CCC(C)(C)CC1. The predicted molar refractivity (Wildman–Crippen MR) is 83.1 cm³/mol. The number of halogens is 2. The summed E-state index contributed by atoms with van der Waals surface area (Å²) in [6.07, 6.45) is 5.44. The van der Waals surface area contributed by atoms with Crippen LogP contribution in [0.25, 0.3) is 0 Å². The Kier molecular flexibility index (Phi) is 5.37. The number of hydrogen-bond donors (Lipinski definition) is 1. The van der Waals surface area contributed by atoms with E-state index in [4.69, 9.17) is 0 Å². The molecule has 1 aromatic carbocycles. The van der Waals surface area contributed by atoms with Crippen molar-refractivity contribution in [3.63, 3.8) is 0 Å². The quantitative estimate of drug-likeness (QED) is 0.785. The third-order valence-electron chi connectivity index (χ3n) is 4.76. The third kappa shape index (κ3) is 4.26. The molecule has 2 rings (SSSR count). The van der Waals surface area contributed by atoms with Gasteiger partial charge in [0, 0.05) is 11.6 Å². The van der Waals surface area contributed by atoms with Gasteiger partial charge in [0.25, 0.3) is 0 Å². The topological polar surface area (TPSA) is 12.0 Å². The molecule has 1 atom stereocenters. The summed E-state index contributed by atoms with van der Waals surface area (Å²) in [4.78, 5) is 0. The summed E-state index contributed by atoms with van der Waals surface area (Å²) in [5.74, 6) is -0.262. The van der Waals surface area contributed by atoms with Crippen LogP contribution in [0, 0.1) is 23.0 Å². The molecular weight excluding hydrogens is 268 g/mol. The van der Waals surface area contributed by atoms with Gasteiger partial charge < -0.3 is 5.32 Å². The van der Waals surface area contributed by atoms with Crippen molar-refractivity contribution in [3.05, 3.63) is 35.4 Å². The number of hydrogen-bond acceptors (Lipinski definition) is 1. The minimum absolute atomic E-state index is 0.0725. The molecule has 1 aromatic rings. The van der Waals surface area contributed by atoms with E-state index in [2.05, 4.69) is 26.1 Å². The first-order valence-corrected chi connectivity index (χ1v) is 8.11. The monoisotopic (exact) mass is 295 g/mol.